The van der Waals surface area contributed by atoms with Crippen molar-refractivity contribution in [1.82, 2.24) is 5.16 Å². The van der Waals surface area contributed by atoms with Crippen LogP contribution in [-0.4, -0.2) is 16.2 Å². The predicted molar refractivity (Wildman–Crippen MR) is 111 cm³/mol. The molecule has 1 heterocycles. The Balaban J connectivity index is 0.00000145. The van der Waals surface area contributed by atoms with Crippen LogP contribution in [0, 0.1) is 20.8 Å². The number of carboxylic acids is 1. The standard InChI is InChI=1S/C21H21NO5.C2H6/c1-13-6-4-7-16(20(13)21(23)24)11-25-17-8-5-9-18(10-17)26-12-19-14(2)22-27-15(19)3;1-2/h4-10H,11-12H2,1-3H3,(H,23,24);1-2H3. The molecule has 0 saturated carbocycles. The maximum Gasteiger partial charge on any atom is 0.336 e. The van der Waals surface area contributed by atoms with Crippen LogP contribution in [0.25, 0.3) is 0 Å². The van der Waals surface area contributed by atoms with Gasteiger partial charge in [0.15, 0.2) is 0 Å². The van der Waals surface area contributed by atoms with Crippen molar-refractivity contribution in [2.75, 3.05) is 0 Å². The summed E-state index contributed by atoms with van der Waals surface area (Å²) in [4.78, 5) is 11.5. The van der Waals surface area contributed by atoms with Gasteiger partial charge in [0.25, 0.3) is 0 Å². The Morgan fingerprint density at radius 3 is 2.21 bits per heavy atom. The van der Waals surface area contributed by atoms with Crippen molar-refractivity contribution in [2.45, 2.75) is 47.8 Å². The van der Waals surface area contributed by atoms with Gasteiger partial charge in [-0.1, -0.05) is 43.3 Å². The lowest BCUT2D eigenvalue weighted by Gasteiger charge is -2.12. The third-order valence-corrected chi connectivity index (χ3v) is 4.34. The molecule has 2 aromatic carbocycles. The largest absolute Gasteiger partial charge is 0.489 e. The van der Waals surface area contributed by atoms with Crippen molar-refractivity contribution in [3.63, 3.8) is 0 Å². The first-order valence-electron chi connectivity index (χ1n) is 9.55. The molecule has 0 aliphatic carbocycles. The number of rotatable bonds is 7. The molecule has 0 fully saturated rings. The molecule has 0 spiro atoms. The first-order valence-corrected chi connectivity index (χ1v) is 9.55. The van der Waals surface area contributed by atoms with E-state index in [0.717, 1.165) is 17.0 Å². The lowest BCUT2D eigenvalue weighted by molar-refractivity contribution is 0.0693. The number of nitrogens with zero attached hydrogens (tertiary/aromatic N) is 1. The van der Waals surface area contributed by atoms with E-state index in [1.54, 1.807) is 31.2 Å². The van der Waals surface area contributed by atoms with E-state index in [2.05, 4.69) is 5.16 Å². The van der Waals surface area contributed by atoms with Gasteiger partial charge in [0.2, 0.25) is 0 Å². The number of aromatic nitrogens is 1. The van der Waals surface area contributed by atoms with Crippen LogP contribution >= 0.6 is 0 Å². The van der Waals surface area contributed by atoms with Gasteiger partial charge < -0.3 is 19.1 Å². The van der Waals surface area contributed by atoms with Crippen LogP contribution in [-0.2, 0) is 13.2 Å². The summed E-state index contributed by atoms with van der Waals surface area (Å²) in [5, 5.41) is 13.3. The quantitative estimate of drug-likeness (QED) is 0.568. The summed E-state index contributed by atoms with van der Waals surface area (Å²) in [5.41, 5.74) is 3.35. The van der Waals surface area contributed by atoms with Gasteiger partial charge in [-0.3, -0.25) is 0 Å². The topological polar surface area (TPSA) is 81.8 Å². The molecule has 154 valence electrons. The minimum absolute atomic E-state index is 0.163. The second-order valence-electron chi connectivity index (χ2n) is 6.27. The number of hydrogen-bond donors (Lipinski definition) is 1. The van der Waals surface area contributed by atoms with E-state index < -0.39 is 5.97 Å². The van der Waals surface area contributed by atoms with Crippen LogP contribution in [0.5, 0.6) is 11.5 Å². The van der Waals surface area contributed by atoms with Gasteiger partial charge in [0.05, 0.1) is 16.8 Å². The van der Waals surface area contributed by atoms with Crippen molar-refractivity contribution < 1.29 is 23.9 Å². The average Bonchev–Trinajstić information content (AvgIpc) is 3.04. The predicted octanol–water partition coefficient (Wildman–Crippen LogP) is 5.48. The third kappa shape index (κ3) is 5.60. The SMILES string of the molecule is CC.Cc1cccc(COc2cccc(OCc3c(C)noc3C)c2)c1C(=O)O. The highest BCUT2D eigenvalue weighted by Gasteiger charge is 2.13. The van der Waals surface area contributed by atoms with Crippen molar-refractivity contribution in [2.24, 2.45) is 0 Å². The van der Waals surface area contributed by atoms with Gasteiger partial charge >= 0.3 is 5.97 Å². The Bertz CT molecular complexity index is 942. The van der Waals surface area contributed by atoms with Crippen LogP contribution < -0.4 is 9.47 Å². The number of aryl methyl sites for hydroxylation is 3. The second kappa shape index (κ2) is 10.3. The van der Waals surface area contributed by atoms with Crippen molar-refractivity contribution >= 4 is 5.97 Å². The van der Waals surface area contributed by atoms with E-state index >= 15 is 0 Å². The smallest absolute Gasteiger partial charge is 0.336 e. The van der Waals surface area contributed by atoms with Crippen LogP contribution in [0.4, 0.5) is 0 Å². The summed E-state index contributed by atoms with van der Waals surface area (Å²) >= 11 is 0. The molecule has 0 aliphatic heterocycles. The fourth-order valence-corrected chi connectivity index (χ4v) is 2.83. The molecule has 3 aromatic rings. The molecule has 0 saturated heterocycles. The van der Waals surface area contributed by atoms with Gasteiger partial charge in [-0.25, -0.2) is 4.79 Å². The first-order chi connectivity index (χ1) is 14.0. The second-order valence-corrected chi connectivity index (χ2v) is 6.27. The van der Waals surface area contributed by atoms with Gasteiger partial charge in [0, 0.05) is 11.6 Å². The number of carbonyl (C=O) groups is 1. The van der Waals surface area contributed by atoms with Crippen LogP contribution in [0.15, 0.2) is 47.0 Å². The number of hydrogen-bond acceptors (Lipinski definition) is 5. The van der Waals surface area contributed by atoms with Gasteiger partial charge in [-0.05, 0) is 38.5 Å². The Labute approximate surface area is 171 Å². The number of aromatic carboxylic acids is 1. The molecule has 0 amide bonds. The fourth-order valence-electron chi connectivity index (χ4n) is 2.83. The molecular formula is C23H27NO5. The van der Waals surface area contributed by atoms with Gasteiger partial charge in [0.1, 0.15) is 30.5 Å². The average molecular weight is 397 g/mol. The third-order valence-electron chi connectivity index (χ3n) is 4.34. The Morgan fingerprint density at radius 2 is 1.62 bits per heavy atom. The molecular weight excluding hydrogens is 370 g/mol. The fraction of sp³-hybridized carbons (Fsp3) is 0.304. The molecule has 6 heteroatoms. The van der Waals surface area contributed by atoms with Crippen LogP contribution in [0.3, 0.4) is 0 Å². The maximum atomic E-state index is 11.5. The van der Waals surface area contributed by atoms with Gasteiger partial charge in [-0.15, -0.1) is 0 Å². The monoisotopic (exact) mass is 397 g/mol. The highest BCUT2D eigenvalue weighted by molar-refractivity contribution is 5.91. The molecule has 6 nitrogen and oxygen atoms in total. The zero-order chi connectivity index (χ0) is 21.4. The molecule has 3 rings (SSSR count). The molecule has 0 aliphatic rings. The van der Waals surface area contributed by atoms with E-state index in [9.17, 15) is 9.90 Å². The normalized spacial score (nSPS) is 10.1. The lowest BCUT2D eigenvalue weighted by Crippen LogP contribution is -2.08. The van der Waals surface area contributed by atoms with Crippen molar-refractivity contribution in [3.8, 4) is 11.5 Å². The van der Waals surface area contributed by atoms with E-state index in [1.165, 1.54) is 0 Å². The molecule has 1 N–H and O–H groups in total. The molecule has 29 heavy (non-hydrogen) atoms. The van der Waals surface area contributed by atoms with Crippen LogP contribution in [0.2, 0.25) is 0 Å². The highest BCUT2D eigenvalue weighted by atomic mass is 16.5. The molecule has 0 unspecified atom stereocenters. The minimum atomic E-state index is -0.955. The summed E-state index contributed by atoms with van der Waals surface area (Å²) in [6.45, 7) is 10.0. The maximum absolute atomic E-state index is 11.5. The number of carboxylic acid groups (broad SMARTS) is 1. The van der Waals surface area contributed by atoms with E-state index in [-0.39, 0.29) is 12.2 Å². The number of benzene rings is 2. The first kappa shape index (κ1) is 22.0. The molecule has 0 bridgehead atoms. The lowest BCUT2D eigenvalue weighted by atomic mass is 10.0. The Hall–Kier alpha value is -3.28. The molecule has 0 radical (unpaired) electrons. The highest BCUT2D eigenvalue weighted by Crippen LogP contribution is 2.24. The van der Waals surface area contributed by atoms with Crippen molar-refractivity contribution in [3.05, 3.63) is 76.2 Å². The molecule has 1 aromatic heterocycles. The Kier molecular flexibility index (Phi) is 7.83. The van der Waals surface area contributed by atoms with Crippen LogP contribution in [0.1, 0.15) is 52.3 Å². The summed E-state index contributed by atoms with van der Waals surface area (Å²) in [7, 11) is 0. The zero-order valence-electron chi connectivity index (χ0n) is 17.5. The van der Waals surface area contributed by atoms with Gasteiger partial charge in [-0.2, -0.15) is 0 Å². The van der Waals surface area contributed by atoms with E-state index in [4.69, 9.17) is 14.0 Å². The summed E-state index contributed by atoms with van der Waals surface area (Å²) in [6, 6.07) is 12.6. The summed E-state index contributed by atoms with van der Waals surface area (Å²) in [6.07, 6.45) is 0. The molecule has 0 atom stereocenters. The summed E-state index contributed by atoms with van der Waals surface area (Å²) < 4.78 is 16.7. The Morgan fingerprint density at radius 1 is 1.00 bits per heavy atom. The summed E-state index contributed by atoms with van der Waals surface area (Å²) in [5.74, 6) is 1.03. The van der Waals surface area contributed by atoms with E-state index in [1.807, 2.05) is 45.9 Å². The minimum Gasteiger partial charge on any atom is -0.489 e. The van der Waals surface area contributed by atoms with E-state index in [0.29, 0.717) is 29.2 Å². The van der Waals surface area contributed by atoms with Crippen molar-refractivity contribution in [1.29, 1.82) is 0 Å². The zero-order valence-corrected chi connectivity index (χ0v) is 17.5. The number of ether oxygens (including phenoxy) is 2.